The molecular formula is C12H15ClO5. The second-order valence-corrected chi connectivity index (χ2v) is 3.89. The van der Waals surface area contributed by atoms with Gasteiger partial charge in [0.05, 0.1) is 21.3 Å². The molecule has 0 atom stereocenters. The minimum absolute atomic E-state index is 0.0117. The number of benzene rings is 1. The maximum Gasteiger partial charge on any atom is 0.303 e. The Labute approximate surface area is 110 Å². The summed E-state index contributed by atoms with van der Waals surface area (Å²) in [4.78, 5) is 10.6. The van der Waals surface area contributed by atoms with Gasteiger partial charge < -0.3 is 19.3 Å². The van der Waals surface area contributed by atoms with Gasteiger partial charge in [0, 0.05) is 12.0 Å². The summed E-state index contributed by atoms with van der Waals surface area (Å²) in [5.41, 5.74) is 0.669. The van der Waals surface area contributed by atoms with E-state index in [-0.39, 0.29) is 11.4 Å². The zero-order chi connectivity index (χ0) is 13.7. The molecule has 0 radical (unpaired) electrons. The zero-order valence-electron chi connectivity index (χ0n) is 10.4. The first-order chi connectivity index (χ1) is 8.54. The van der Waals surface area contributed by atoms with Gasteiger partial charge in [0.25, 0.3) is 0 Å². The SMILES string of the molecule is COc1cc(CCC(=O)O)c(OC)c(Cl)c1OC. The van der Waals surface area contributed by atoms with Crippen LogP contribution < -0.4 is 14.2 Å². The van der Waals surface area contributed by atoms with Gasteiger partial charge in [-0.1, -0.05) is 11.6 Å². The molecule has 0 bridgehead atoms. The highest BCUT2D eigenvalue weighted by Crippen LogP contribution is 2.44. The van der Waals surface area contributed by atoms with Crippen molar-refractivity contribution in [2.24, 2.45) is 0 Å². The van der Waals surface area contributed by atoms with Crippen molar-refractivity contribution in [3.63, 3.8) is 0 Å². The minimum Gasteiger partial charge on any atom is -0.495 e. The molecule has 0 heterocycles. The van der Waals surface area contributed by atoms with Crippen LogP contribution in [0.5, 0.6) is 17.2 Å². The van der Waals surface area contributed by atoms with Crippen LogP contribution in [0, 0.1) is 0 Å². The van der Waals surface area contributed by atoms with Crippen LogP contribution in [0.15, 0.2) is 6.07 Å². The maximum atomic E-state index is 10.6. The van der Waals surface area contributed by atoms with Gasteiger partial charge in [0.15, 0.2) is 11.5 Å². The lowest BCUT2D eigenvalue weighted by molar-refractivity contribution is -0.136. The Bertz CT molecular complexity index is 445. The summed E-state index contributed by atoms with van der Waals surface area (Å²) >= 11 is 6.14. The molecular weight excluding hydrogens is 260 g/mol. The molecule has 1 aromatic rings. The van der Waals surface area contributed by atoms with Crippen molar-refractivity contribution < 1.29 is 24.1 Å². The fraction of sp³-hybridized carbons (Fsp3) is 0.417. The van der Waals surface area contributed by atoms with Crippen molar-refractivity contribution in [1.29, 1.82) is 0 Å². The van der Waals surface area contributed by atoms with Gasteiger partial charge in [0.2, 0.25) is 0 Å². The summed E-state index contributed by atoms with van der Waals surface area (Å²) in [6, 6.07) is 1.67. The van der Waals surface area contributed by atoms with Crippen LogP contribution in [-0.4, -0.2) is 32.4 Å². The quantitative estimate of drug-likeness (QED) is 0.863. The van der Waals surface area contributed by atoms with Gasteiger partial charge in [-0.05, 0) is 12.5 Å². The lowest BCUT2D eigenvalue weighted by atomic mass is 10.1. The fourth-order valence-electron chi connectivity index (χ4n) is 1.63. The third-order valence-corrected chi connectivity index (χ3v) is 2.80. The Balaban J connectivity index is 3.23. The number of aliphatic carboxylic acids is 1. The number of hydrogen-bond acceptors (Lipinski definition) is 4. The van der Waals surface area contributed by atoms with E-state index in [0.717, 1.165) is 0 Å². The predicted molar refractivity (Wildman–Crippen MR) is 67.1 cm³/mol. The first-order valence-corrected chi connectivity index (χ1v) is 5.62. The van der Waals surface area contributed by atoms with E-state index in [1.54, 1.807) is 6.07 Å². The molecule has 0 aliphatic carbocycles. The van der Waals surface area contributed by atoms with E-state index < -0.39 is 5.97 Å². The molecule has 0 saturated heterocycles. The Hall–Kier alpha value is -1.62. The molecule has 0 aromatic heterocycles. The highest BCUT2D eigenvalue weighted by molar-refractivity contribution is 6.34. The van der Waals surface area contributed by atoms with Crippen LogP contribution >= 0.6 is 11.6 Å². The van der Waals surface area contributed by atoms with Crippen molar-refractivity contribution in [2.75, 3.05) is 21.3 Å². The first-order valence-electron chi connectivity index (χ1n) is 5.24. The van der Waals surface area contributed by atoms with Gasteiger partial charge in [-0.2, -0.15) is 0 Å². The van der Waals surface area contributed by atoms with E-state index in [1.165, 1.54) is 21.3 Å². The normalized spacial score (nSPS) is 10.0. The maximum absolute atomic E-state index is 10.6. The van der Waals surface area contributed by atoms with Crippen molar-refractivity contribution in [3.05, 3.63) is 16.7 Å². The molecule has 1 N–H and O–H groups in total. The minimum atomic E-state index is -0.886. The monoisotopic (exact) mass is 274 g/mol. The van der Waals surface area contributed by atoms with Crippen molar-refractivity contribution in [3.8, 4) is 17.2 Å². The Morgan fingerprint density at radius 3 is 2.28 bits per heavy atom. The second-order valence-electron chi connectivity index (χ2n) is 3.51. The van der Waals surface area contributed by atoms with Crippen LogP contribution in [0.4, 0.5) is 0 Å². The Kier molecular flexibility index (Phi) is 5.09. The fourth-order valence-corrected chi connectivity index (χ4v) is 2.00. The number of hydrogen-bond donors (Lipinski definition) is 1. The largest absolute Gasteiger partial charge is 0.495 e. The van der Waals surface area contributed by atoms with Gasteiger partial charge in [-0.25, -0.2) is 0 Å². The summed E-state index contributed by atoms with van der Waals surface area (Å²) in [7, 11) is 4.43. The number of carbonyl (C=O) groups is 1. The number of carboxylic acid groups (broad SMARTS) is 1. The van der Waals surface area contributed by atoms with E-state index in [0.29, 0.717) is 29.2 Å². The summed E-state index contributed by atoms with van der Waals surface area (Å²) in [5.74, 6) is 0.345. The molecule has 1 rings (SSSR count). The van der Waals surface area contributed by atoms with E-state index in [2.05, 4.69) is 0 Å². The third kappa shape index (κ3) is 2.98. The molecule has 6 heteroatoms. The second kappa shape index (κ2) is 6.35. The molecule has 0 amide bonds. The highest BCUT2D eigenvalue weighted by atomic mass is 35.5. The van der Waals surface area contributed by atoms with E-state index >= 15 is 0 Å². The summed E-state index contributed by atoms with van der Waals surface area (Å²) in [5, 5.41) is 8.98. The van der Waals surface area contributed by atoms with Crippen LogP contribution in [0.25, 0.3) is 0 Å². The summed E-state index contributed by atoms with van der Waals surface area (Å²) in [6.45, 7) is 0. The number of carboxylic acids is 1. The predicted octanol–water partition coefficient (Wildman–Crippen LogP) is 2.38. The molecule has 18 heavy (non-hydrogen) atoms. The van der Waals surface area contributed by atoms with Crippen LogP contribution in [0.1, 0.15) is 12.0 Å². The smallest absolute Gasteiger partial charge is 0.303 e. The average molecular weight is 275 g/mol. The molecule has 5 nitrogen and oxygen atoms in total. The molecule has 0 saturated carbocycles. The molecule has 0 fully saturated rings. The van der Waals surface area contributed by atoms with Crippen molar-refractivity contribution >= 4 is 17.6 Å². The number of methoxy groups -OCH3 is 3. The van der Waals surface area contributed by atoms with Gasteiger partial charge in [-0.15, -0.1) is 0 Å². The van der Waals surface area contributed by atoms with E-state index in [1.807, 2.05) is 0 Å². The van der Waals surface area contributed by atoms with Crippen molar-refractivity contribution in [2.45, 2.75) is 12.8 Å². The van der Waals surface area contributed by atoms with E-state index in [4.69, 9.17) is 30.9 Å². The molecule has 100 valence electrons. The molecule has 0 aliphatic rings. The number of aryl methyl sites for hydroxylation is 1. The Morgan fingerprint density at radius 1 is 1.22 bits per heavy atom. The number of ether oxygens (including phenoxy) is 3. The summed E-state index contributed by atoms with van der Waals surface area (Å²) in [6.07, 6.45) is 0.292. The van der Waals surface area contributed by atoms with E-state index in [9.17, 15) is 4.79 Å². The molecule has 0 unspecified atom stereocenters. The van der Waals surface area contributed by atoms with Crippen LogP contribution in [0.2, 0.25) is 5.02 Å². The molecule has 1 aromatic carbocycles. The lowest BCUT2D eigenvalue weighted by Crippen LogP contribution is -2.02. The summed E-state index contributed by atoms with van der Waals surface area (Å²) < 4.78 is 15.5. The van der Waals surface area contributed by atoms with Crippen molar-refractivity contribution in [1.82, 2.24) is 0 Å². The van der Waals surface area contributed by atoms with Crippen LogP contribution in [-0.2, 0) is 11.2 Å². The third-order valence-electron chi connectivity index (χ3n) is 2.46. The molecule has 0 aliphatic heterocycles. The topological polar surface area (TPSA) is 65.0 Å². The highest BCUT2D eigenvalue weighted by Gasteiger charge is 2.19. The van der Waals surface area contributed by atoms with Gasteiger partial charge in [-0.3, -0.25) is 4.79 Å². The Morgan fingerprint density at radius 2 is 1.83 bits per heavy atom. The van der Waals surface area contributed by atoms with Gasteiger partial charge in [0.1, 0.15) is 10.8 Å². The zero-order valence-corrected chi connectivity index (χ0v) is 11.2. The average Bonchev–Trinajstić information content (AvgIpc) is 2.35. The standard InChI is InChI=1S/C12H15ClO5/c1-16-8-6-7(4-5-9(14)15)11(17-2)10(13)12(8)18-3/h6H,4-5H2,1-3H3,(H,14,15). The first kappa shape index (κ1) is 14.4. The lowest BCUT2D eigenvalue weighted by Gasteiger charge is -2.16. The van der Waals surface area contributed by atoms with Gasteiger partial charge >= 0.3 is 5.97 Å². The van der Waals surface area contributed by atoms with Crippen LogP contribution in [0.3, 0.4) is 0 Å². The number of halogens is 1. The molecule has 0 spiro atoms. The number of rotatable bonds is 6.